The van der Waals surface area contributed by atoms with Gasteiger partial charge in [0.1, 0.15) is 15.9 Å². The number of benzene rings is 4. The van der Waals surface area contributed by atoms with Crippen LogP contribution < -0.4 is 0 Å². The number of sulfonamides is 1. The third-order valence-corrected chi connectivity index (χ3v) is 12.7. The molecule has 0 unspecified atom stereocenters. The van der Waals surface area contributed by atoms with E-state index in [1.54, 1.807) is 68.1 Å². The molecule has 0 bridgehead atoms. The first-order valence-electron chi connectivity index (χ1n) is 17.8. The summed E-state index contributed by atoms with van der Waals surface area (Å²) in [6.45, 7) is 8.65. The topological polar surface area (TPSA) is 123 Å². The number of nitrogens with zero attached hydrogens (tertiary/aromatic N) is 5. The molecule has 284 valence electrons. The Kier molecular flexibility index (Phi) is 11.8. The van der Waals surface area contributed by atoms with Gasteiger partial charge in [-0.2, -0.15) is 9.57 Å². The molecule has 1 aromatic heterocycles. The number of hydrogen-bond acceptors (Lipinski definition) is 8. The molecule has 1 aliphatic heterocycles. The van der Waals surface area contributed by atoms with Crippen molar-refractivity contribution in [3.63, 3.8) is 0 Å². The Morgan fingerprint density at radius 3 is 2.25 bits per heavy atom. The average molecular weight is 796 g/mol. The van der Waals surface area contributed by atoms with E-state index in [0.29, 0.717) is 32.2 Å². The lowest BCUT2D eigenvalue weighted by molar-refractivity contribution is -0.139. The van der Waals surface area contributed by atoms with Gasteiger partial charge in [0.25, 0.3) is 10.0 Å². The Bertz CT molecular complexity index is 2340. The minimum absolute atomic E-state index is 0.0137. The summed E-state index contributed by atoms with van der Waals surface area (Å²) in [5, 5.41) is 11.3. The number of nitriles is 1. The van der Waals surface area contributed by atoms with E-state index in [0.717, 1.165) is 27.8 Å². The van der Waals surface area contributed by atoms with Crippen LogP contribution in [0.4, 0.5) is 10.5 Å². The van der Waals surface area contributed by atoms with Crippen molar-refractivity contribution in [2.75, 3.05) is 19.6 Å². The molecule has 4 aromatic carbocycles. The van der Waals surface area contributed by atoms with E-state index in [1.807, 2.05) is 74.5 Å². The van der Waals surface area contributed by atoms with E-state index in [1.165, 1.54) is 9.21 Å². The summed E-state index contributed by atoms with van der Waals surface area (Å²) in [4.78, 5) is 35.9. The van der Waals surface area contributed by atoms with Crippen molar-refractivity contribution in [2.24, 2.45) is 4.99 Å². The largest absolute Gasteiger partial charge is 0.444 e. The molecule has 2 heterocycles. The number of thiophene rings is 1. The number of carbonyl (C=O) groups excluding carboxylic acids is 2. The predicted molar refractivity (Wildman–Crippen MR) is 217 cm³/mol. The van der Waals surface area contributed by atoms with Crippen molar-refractivity contribution in [2.45, 2.75) is 63.1 Å². The Morgan fingerprint density at radius 2 is 1.65 bits per heavy atom. The SMILES string of the molecule is CC(C)N(C[C@H]1CN(S(=O)(=O)c2cc3ccc(Cl)cc3s2)CC(=O)N1Cc1ccc(C#N)c(N=C(c2ccccc2)c2ccccc2)c1)C(=O)OC(C)(C)C. The Labute approximate surface area is 331 Å². The van der Waals surface area contributed by atoms with Crippen LogP contribution in [0.15, 0.2) is 112 Å². The van der Waals surface area contributed by atoms with E-state index in [9.17, 15) is 23.3 Å². The smallest absolute Gasteiger partial charge is 0.410 e. The zero-order chi connectivity index (χ0) is 39.5. The van der Waals surface area contributed by atoms with Crippen molar-refractivity contribution in [3.05, 3.63) is 130 Å². The number of hydrogen-bond donors (Lipinski definition) is 0. The van der Waals surface area contributed by atoms with Crippen LogP contribution >= 0.6 is 22.9 Å². The second kappa shape index (κ2) is 16.4. The second-order valence-electron chi connectivity index (χ2n) is 14.6. The molecule has 1 atom stereocenters. The van der Waals surface area contributed by atoms with Crippen LogP contribution in [0, 0.1) is 11.3 Å². The van der Waals surface area contributed by atoms with E-state index >= 15 is 0 Å². The number of fused-ring (bicyclic) bond motifs is 1. The summed E-state index contributed by atoms with van der Waals surface area (Å²) in [7, 11) is -4.11. The zero-order valence-corrected chi connectivity index (χ0v) is 33.7. The first-order valence-corrected chi connectivity index (χ1v) is 20.5. The summed E-state index contributed by atoms with van der Waals surface area (Å²) >= 11 is 7.28. The second-order valence-corrected chi connectivity index (χ2v) is 18.3. The minimum Gasteiger partial charge on any atom is -0.444 e. The molecule has 55 heavy (non-hydrogen) atoms. The van der Waals surface area contributed by atoms with Crippen LogP contribution in [0.5, 0.6) is 0 Å². The van der Waals surface area contributed by atoms with Gasteiger partial charge in [0.05, 0.1) is 29.5 Å². The molecule has 6 rings (SSSR count). The van der Waals surface area contributed by atoms with Crippen molar-refractivity contribution in [3.8, 4) is 6.07 Å². The van der Waals surface area contributed by atoms with E-state index in [2.05, 4.69) is 6.07 Å². The third kappa shape index (κ3) is 9.26. The van der Waals surface area contributed by atoms with Crippen molar-refractivity contribution >= 4 is 66.4 Å². The van der Waals surface area contributed by atoms with Gasteiger partial charge in [-0.15, -0.1) is 11.3 Å². The normalized spacial score (nSPS) is 15.2. The van der Waals surface area contributed by atoms with Gasteiger partial charge in [-0.25, -0.2) is 18.2 Å². The van der Waals surface area contributed by atoms with Gasteiger partial charge in [-0.1, -0.05) is 84.4 Å². The summed E-state index contributed by atoms with van der Waals surface area (Å²) in [5.74, 6) is -0.430. The average Bonchev–Trinajstić information content (AvgIpc) is 3.58. The van der Waals surface area contributed by atoms with Gasteiger partial charge in [-0.05, 0) is 75.9 Å². The van der Waals surface area contributed by atoms with Crippen LogP contribution in [0.2, 0.25) is 5.02 Å². The molecular formula is C42H42ClN5O5S2. The zero-order valence-electron chi connectivity index (χ0n) is 31.3. The first-order chi connectivity index (χ1) is 26.1. The number of aliphatic imine (C=N–C) groups is 1. The molecule has 0 N–H and O–H groups in total. The minimum atomic E-state index is -4.11. The molecule has 0 radical (unpaired) electrons. The molecule has 10 nitrogen and oxygen atoms in total. The summed E-state index contributed by atoms with van der Waals surface area (Å²) in [6, 6.07) is 32.6. The fourth-order valence-electron chi connectivity index (χ4n) is 6.35. The molecule has 2 amide bonds. The highest BCUT2D eigenvalue weighted by Gasteiger charge is 2.41. The van der Waals surface area contributed by atoms with Gasteiger partial charge in [-0.3, -0.25) is 4.79 Å². The van der Waals surface area contributed by atoms with Crippen LogP contribution in [-0.2, 0) is 26.1 Å². The maximum atomic E-state index is 14.2. The lowest BCUT2D eigenvalue weighted by atomic mass is 10.0. The Morgan fingerprint density at radius 1 is 1.00 bits per heavy atom. The number of piperazine rings is 1. The van der Waals surface area contributed by atoms with Gasteiger partial charge in [0.2, 0.25) is 5.91 Å². The quantitative estimate of drug-likeness (QED) is 0.131. The maximum absolute atomic E-state index is 14.2. The predicted octanol–water partition coefficient (Wildman–Crippen LogP) is 8.64. The van der Waals surface area contributed by atoms with Crippen molar-refractivity contribution in [1.82, 2.24) is 14.1 Å². The van der Waals surface area contributed by atoms with E-state index in [-0.39, 0.29) is 29.9 Å². The fraction of sp³-hybridized carbons (Fsp3) is 0.286. The van der Waals surface area contributed by atoms with E-state index < -0.39 is 40.2 Å². The monoisotopic (exact) mass is 795 g/mol. The summed E-state index contributed by atoms with van der Waals surface area (Å²) in [5.41, 5.74) is 3.10. The van der Waals surface area contributed by atoms with Crippen LogP contribution in [0.3, 0.4) is 0 Å². The van der Waals surface area contributed by atoms with Crippen LogP contribution in [-0.4, -0.2) is 77.6 Å². The van der Waals surface area contributed by atoms with Gasteiger partial charge in [0.15, 0.2) is 0 Å². The number of halogens is 1. The fourth-order valence-corrected chi connectivity index (χ4v) is 9.60. The number of ether oxygens (including phenoxy) is 1. The standard InChI is InChI=1S/C42H42ClN5O5S2/c1-28(2)47(41(50)53-42(3,4)5)26-35-25-46(55(51,52)39-21-32-18-19-34(43)22-37(32)54-39)27-38(49)48(35)24-29-16-17-33(23-44)36(20-29)45-40(30-12-8-6-9-13-30)31-14-10-7-11-15-31/h6-22,28,35H,24-27H2,1-5H3/t35-/m1/s1. The van der Waals surface area contributed by atoms with Gasteiger partial charge in [0, 0.05) is 46.5 Å². The number of amides is 2. The molecule has 1 aliphatic rings. The van der Waals surface area contributed by atoms with Gasteiger partial charge >= 0.3 is 6.09 Å². The Balaban J connectivity index is 1.37. The molecule has 0 saturated carbocycles. The van der Waals surface area contributed by atoms with E-state index in [4.69, 9.17) is 21.3 Å². The summed E-state index contributed by atoms with van der Waals surface area (Å²) < 4.78 is 36.1. The molecule has 13 heteroatoms. The molecule has 1 fully saturated rings. The third-order valence-electron chi connectivity index (χ3n) is 9.06. The van der Waals surface area contributed by atoms with Crippen LogP contribution in [0.1, 0.15) is 56.9 Å². The highest BCUT2D eigenvalue weighted by Crippen LogP contribution is 2.34. The lowest BCUT2D eigenvalue weighted by Crippen LogP contribution is -2.61. The maximum Gasteiger partial charge on any atom is 0.410 e. The highest BCUT2D eigenvalue weighted by atomic mass is 35.5. The number of carbonyl (C=O) groups is 2. The molecule has 5 aromatic rings. The highest BCUT2D eigenvalue weighted by molar-refractivity contribution is 7.91. The van der Waals surface area contributed by atoms with Crippen molar-refractivity contribution in [1.29, 1.82) is 5.26 Å². The summed E-state index contributed by atoms with van der Waals surface area (Å²) in [6.07, 6.45) is -0.569. The molecule has 0 spiro atoms. The van der Waals surface area contributed by atoms with Gasteiger partial charge < -0.3 is 14.5 Å². The van der Waals surface area contributed by atoms with Crippen LogP contribution in [0.25, 0.3) is 10.1 Å². The molecule has 0 aliphatic carbocycles. The number of rotatable bonds is 10. The lowest BCUT2D eigenvalue weighted by Gasteiger charge is -2.43. The van der Waals surface area contributed by atoms with Crippen molar-refractivity contribution < 1.29 is 22.7 Å². The molecule has 1 saturated heterocycles. The first kappa shape index (κ1) is 39.6. The molecular weight excluding hydrogens is 754 g/mol. The Hall–Kier alpha value is -5.06.